The van der Waals surface area contributed by atoms with Gasteiger partial charge in [-0.05, 0) is 0 Å². The molecular formula is C14H13Hg2NO4. The Bertz CT molecular complexity index is 703. The number of fused-ring (bicyclic) bond motifs is 1. The Hall–Kier alpha value is -0.690. The SMILES string of the molecule is CC(=O)[O][Hg][c]1c[c]([Hg][O]C(C)=O)c2ccccc2c1N. The summed E-state index contributed by atoms with van der Waals surface area (Å²) >= 11 is -4.00. The third-order valence-corrected chi connectivity index (χ3v) is 14.4. The van der Waals surface area contributed by atoms with Crippen molar-refractivity contribution >= 4 is 34.5 Å². The van der Waals surface area contributed by atoms with Gasteiger partial charge in [-0.3, -0.25) is 0 Å². The Morgan fingerprint density at radius 2 is 1.48 bits per heavy atom. The molecular weight excluding hydrogens is 647 g/mol. The molecule has 0 saturated heterocycles. The molecule has 0 saturated carbocycles. The molecule has 5 nitrogen and oxygen atoms in total. The van der Waals surface area contributed by atoms with E-state index in [4.69, 9.17) is 11.0 Å². The third kappa shape index (κ3) is 4.39. The fourth-order valence-electron chi connectivity index (χ4n) is 2.13. The summed E-state index contributed by atoms with van der Waals surface area (Å²) in [5.41, 5.74) is 6.91. The zero-order valence-electron chi connectivity index (χ0n) is 12.0. The molecule has 0 aliphatic rings. The van der Waals surface area contributed by atoms with Crippen LogP contribution in [-0.4, -0.2) is 11.9 Å². The summed E-state index contributed by atoms with van der Waals surface area (Å²) < 4.78 is 12.7. The molecule has 0 atom stereocenters. The van der Waals surface area contributed by atoms with Crippen LogP contribution >= 0.6 is 0 Å². The first-order valence-electron chi connectivity index (χ1n) is 6.54. The zero-order valence-corrected chi connectivity index (χ0v) is 23.0. The Kier molecular flexibility index (Phi) is 5.98. The first-order chi connectivity index (χ1) is 9.99. The molecule has 0 aliphatic carbocycles. The number of rotatable bonds is 4. The first kappa shape index (κ1) is 16.7. The third-order valence-electron chi connectivity index (χ3n) is 3.12. The number of anilines is 1. The minimum atomic E-state index is -2.02. The fourth-order valence-corrected chi connectivity index (χ4v) is 15.0. The van der Waals surface area contributed by atoms with Crippen molar-refractivity contribution in [3.8, 4) is 0 Å². The average Bonchev–Trinajstić information content (AvgIpc) is 2.45. The summed E-state index contributed by atoms with van der Waals surface area (Å²) in [6.07, 6.45) is 0. The van der Waals surface area contributed by atoms with Gasteiger partial charge >= 0.3 is 149 Å². The number of nitrogen functional groups attached to an aromatic ring is 1. The summed E-state index contributed by atoms with van der Waals surface area (Å²) in [7, 11) is 0. The van der Waals surface area contributed by atoms with Gasteiger partial charge in [-0.1, -0.05) is 0 Å². The van der Waals surface area contributed by atoms with Crippen molar-refractivity contribution in [2.75, 3.05) is 5.73 Å². The van der Waals surface area contributed by atoms with Gasteiger partial charge in [0.05, 0.1) is 0 Å². The van der Waals surface area contributed by atoms with Crippen molar-refractivity contribution in [2.24, 2.45) is 0 Å². The van der Waals surface area contributed by atoms with E-state index < -0.39 is 50.1 Å². The van der Waals surface area contributed by atoms with Gasteiger partial charge in [0.1, 0.15) is 0 Å². The second-order valence-electron chi connectivity index (χ2n) is 4.71. The van der Waals surface area contributed by atoms with Gasteiger partial charge in [0, 0.05) is 0 Å². The quantitative estimate of drug-likeness (QED) is 0.388. The van der Waals surface area contributed by atoms with Crippen LogP contribution in [0.2, 0.25) is 0 Å². The fraction of sp³-hybridized carbons (Fsp3) is 0.143. The molecule has 102 valence electrons. The van der Waals surface area contributed by atoms with E-state index in [9.17, 15) is 9.59 Å². The molecule has 2 aromatic rings. The molecule has 0 heterocycles. The van der Waals surface area contributed by atoms with Crippen LogP contribution < -0.4 is 11.9 Å². The predicted octanol–water partition coefficient (Wildman–Crippen LogP) is 0.794. The topological polar surface area (TPSA) is 78.6 Å². The van der Waals surface area contributed by atoms with Gasteiger partial charge < -0.3 is 0 Å². The number of carbonyl (C=O) groups excluding carboxylic acids is 2. The van der Waals surface area contributed by atoms with Gasteiger partial charge in [-0.2, -0.15) is 0 Å². The predicted molar refractivity (Wildman–Crippen MR) is 71.2 cm³/mol. The van der Waals surface area contributed by atoms with E-state index in [0.717, 1.165) is 16.9 Å². The second-order valence-corrected chi connectivity index (χ2v) is 15.1. The van der Waals surface area contributed by atoms with Crippen molar-refractivity contribution in [1.29, 1.82) is 0 Å². The van der Waals surface area contributed by atoms with Crippen molar-refractivity contribution < 1.29 is 64.9 Å². The Morgan fingerprint density at radius 1 is 0.952 bits per heavy atom. The van der Waals surface area contributed by atoms with E-state index >= 15 is 0 Å². The van der Waals surface area contributed by atoms with E-state index in [1.54, 1.807) is 0 Å². The maximum absolute atomic E-state index is 11.1. The minimum absolute atomic E-state index is 0.233. The summed E-state index contributed by atoms with van der Waals surface area (Å²) in [5, 5.41) is 2.02. The number of carbonyl (C=O) groups is 2. The molecule has 0 bridgehead atoms. The first-order valence-corrected chi connectivity index (χ1v) is 16.5. The molecule has 0 fully saturated rings. The molecule has 0 unspecified atom stereocenters. The molecule has 7 heteroatoms. The van der Waals surface area contributed by atoms with Crippen molar-refractivity contribution in [1.82, 2.24) is 0 Å². The maximum atomic E-state index is 11.1. The van der Waals surface area contributed by atoms with Crippen LogP contribution in [0.3, 0.4) is 0 Å². The van der Waals surface area contributed by atoms with E-state index in [1.165, 1.54) is 13.8 Å². The average molecular weight is 660 g/mol. The summed E-state index contributed by atoms with van der Waals surface area (Å²) in [5.74, 6) is -0.487. The molecule has 2 aromatic carbocycles. The number of benzene rings is 2. The molecule has 0 spiro atoms. The van der Waals surface area contributed by atoms with Crippen LogP contribution in [0.15, 0.2) is 30.3 Å². The number of nitrogens with two attached hydrogens (primary N) is 1. The van der Waals surface area contributed by atoms with Crippen LogP contribution in [0.5, 0.6) is 0 Å². The molecule has 0 amide bonds. The van der Waals surface area contributed by atoms with Crippen LogP contribution in [0.25, 0.3) is 10.8 Å². The Balaban J connectivity index is 2.46. The molecule has 0 aliphatic heterocycles. The van der Waals surface area contributed by atoms with Gasteiger partial charge in [0.2, 0.25) is 0 Å². The Morgan fingerprint density at radius 3 is 2.05 bits per heavy atom. The van der Waals surface area contributed by atoms with E-state index in [-0.39, 0.29) is 11.9 Å². The van der Waals surface area contributed by atoms with Gasteiger partial charge in [0.25, 0.3) is 0 Å². The van der Waals surface area contributed by atoms with E-state index in [0.29, 0.717) is 5.69 Å². The van der Waals surface area contributed by atoms with Gasteiger partial charge in [-0.25, -0.2) is 0 Å². The molecule has 0 radical (unpaired) electrons. The standard InChI is InChI=1S/C10H7N.2C2H4O2.2Hg/c11-10-7-3-5-8-4-1-2-6-9(8)10;2*1-2(3)4;;/h1-4,6H,11H2;2*1H3,(H,3,4);;/q;;;2*+1/p-2. The zero-order chi connectivity index (χ0) is 15.4. The van der Waals surface area contributed by atoms with Crippen molar-refractivity contribution in [3.63, 3.8) is 0 Å². The van der Waals surface area contributed by atoms with Crippen LogP contribution in [0, 0.1) is 0 Å². The van der Waals surface area contributed by atoms with E-state index in [2.05, 4.69) is 0 Å². The van der Waals surface area contributed by atoms with Crippen LogP contribution in [-0.2, 0) is 64.9 Å². The van der Waals surface area contributed by atoms with Gasteiger partial charge in [-0.15, -0.1) is 0 Å². The van der Waals surface area contributed by atoms with Crippen molar-refractivity contribution in [2.45, 2.75) is 13.8 Å². The molecule has 21 heavy (non-hydrogen) atoms. The number of hydrogen-bond acceptors (Lipinski definition) is 5. The number of hydrogen-bond donors (Lipinski definition) is 1. The summed E-state index contributed by atoms with van der Waals surface area (Å²) in [4.78, 5) is 22.1. The second kappa shape index (κ2) is 7.54. The normalized spacial score (nSPS) is 9.62. The van der Waals surface area contributed by atoms with E-state index in [1.807, 2.05) is 30.3 Å². The molecule has 2 N–H and O–H groups in total. The van der Waals surface area contributed by atoms with Crippen molar-refractivity contribution in [3.05, 3.63) is 30.3 Å². The monoisotopic (exact) mass is 663 g/mol. The van der Waals surface area contributed by atoms with Crippen LogP contribution in [0.1, 0.15) is 13.8 Å². The summed E-state index contributed by atoms with van der Waals surface area (Å²) in [6.45, 7) is 2.84. The molecule has 0 aromatic heterocycles. The summed E-state index contributed by atoms with van der Waals surface area (Å²) in [6, 6.07) is 9.84. The molecule has 2 rings (SSSR count). The Labute approximate surface area is 148 Å². The van der Waals surface area contributed by atoms with Gasteiger partial charge in [0.15, 0.2) is 0 Å². The van der Waals surface area contributed by atoms with Crippen LogP contribution in [0.4, 0.5) is 5.69 Å².